The number of halogens is 1. The molecule has 0 aliphatic carbocycles. The fourth-order valence-corrected chi connectivity index (χ4v) is 2.31. The zero-order valence-electron chi connectivity index (χ0n) is 12.1. The lowest BCUT2D eigenvalue weighted by atomic mass is 10.2. The van der Waals surface area contributed by atoms with Gasteiger partial charge in [-0.25, -0.2) is 4.98 Å². The van der Waals surface area contributed by atoms with Crippen molar-refractivity contribution in [1.29, 1.82) is 0 Å². The van der Waals surface area contributed by atoms with Crippen LogP contribution in [0, 0.1) is 0 Å². The van der Waals surface area contributed by atoms with Gasteiger partial charge in [0, 0.05) is 24.3 Å². The molecule has 0 aliphatic rings. The smallest absolute Gasteiger partial charge is 0.258 e. The SMILES string of the molecule is CCNc1cc(C(=O)N(CC)c2ccccc2)cc(Cl)n1. The van der Waals surface area contributed by atoms with Crippen molar-refractivity contribution in [1.82, 2.24) is 4.98 Å². The second-order valence-corrected chi connectivity index (χ2v) is 4.87. The molecule has 0 saturated carbocycles. The second-order valence-electron chi connectivity index (χ2n) is 4.48. The summed E-state index contributed by atoms with van der Waals surface area (Å²) in [5.41, 5.74) is 1.39. The number of aromatic nitrogens is 1. The van der Waals surface area contributed by atoms with Gasteiger partial charge in [0.1, 0.15) is 11.0 Å². The van der Waals surface area contributed by atoms with Gasteiger partial charge in [0.2, 0.25) is 0 Å². The monoisotopic (exact) mass is 303 g/mol. The van der Waals surface area contributed by atoms with Crippen molar-refractivity contribution in [2.75, 3.05) is 23.3 Å². The van der Waals surface area contributed by atoms with Gasteiger partial charge < -0.3 is 10.2 Å². The first-order valence-electron chi connectivity index (χ1n) is 6.94. The Morgan fingerprint density at radius 2 is 1.95 bits per heavy atom. The predicted octanol–water partition coefficient (Wildman–Crippen LogP) is 3.83. The van der Waals surface area contributed by atoms with E-state index in [1.165, 1.54) is 0 Å². The van der Waals surface area contributed by atoms with Gasteiger partial charge in [0.25, 0.3) is 5.91 Å². The Balaban J connectivity index is 2.34. The Hall–Kier alpha value is -2.07. The number of anilines is 2. The summed E-state index contributed by atoms with van der Waals surface area (Å²) in [4.78, 5) is 18.6. The third-order valence-electron chi connectivity index (χ3n) is 3.03. The lowest BCUT2D eigenvalue weighted by Crippen LogP contribution is -2.30. The molecule has 1 heterocycles. The first-order chi connectivity index (χ1) is 10.2. The molecule has 2 rings (SSSR count). The summed E-state index contributed by atoms with van der Waals surface area (Å²) in [6.07, 6.45) is 0. The van der Waals surface area contributed by atoms with E-state index in [9.17, 15) is 4.79 Å². The van der Waals surface area contributed by atoms with Crippen molar-refractivity contribution in [3.63, 3.8) is 0 Å². The zero-order valence-corrected chi connectivity index (χ0v) is 12.9. The van der Waals surface area contributed by atoms with Crippen LogP contribution in [0.25, 0.3) is 0 Å². The number of carbonyl (C=O) groups is 1. The van der Waals surface area contributed by atoms with Gasteiger partial charge in [0.05, 0.1) is 0 Å². The molecule has 0 atom stereocenters. The van der Waals surface area contributed by atoms with Crippen LogP contribution in [0.15, 0.2) is 42.5 Å². The largest absolute Gasteiger partial charge is 0.370 e. The first-order valence-corrected chi connectivity index (χ1v) is 7.31. The summed E-state index contributed by atoms with van der Waals surface area (Å²) in [5, 5.41) is 3.38. The maximum absolute atomic E-state index is 12.7. The molecule has 5 heteroatoms. The number of nitrogens with zero attached hydrogens (tertiary/aromatic N) is 2. The molecule has 0 bridgehead atoms. The van der Waals surface area contributed by atoms with Crippen LogP contribution in [0.1, 0.15) is 24.2 Å². The Morgan fingerprint density at radius 1 is 1.24 bits per heavy atom. The minimum absolute atomic E-state index is 0.0906. The molecule has 110 valence electrons. The number of hydrogen-bond donors (Lipinski definition) is 1. The van der Waals surface area contributed by atoms with Gasteiger partial charge in [-0.2, -0.15) is 0 Å². The molecule has 0 radical (unpaired) electrons. The van der Waals surface area contributed by atoms with Crippen molar-refractivity contribution in [3.05, 3.63) is 53.2 Å². The molecule has 2 aromatic rings. The van der Waals surface area contributed by atoms with Crippen LogP contribution >= 0.6 is 11.6 Å². The average molecular weight is 304 g/mol. The van der Waals surface area contributed by atoms with Gasteiger partial charge in [0.15, 0.2) is 0 Å². The number of carbonyl (C=O) groups excluding carboxylic acids is 1. The summed E-state index contributed by atoms with van der Waals surface area (Å²) in [6.45, 7) is 5.21. The topological polar surface area (TPSA) is 45.2 Å². The minimum Gasteiger partial charge on any atom is -0.370 e. The molecule has 21 heavy (non-hydrogen) atoms. The van der Waals surface area contributed by atoms with Crippen molar-refractivity contribution >= 4 is 29.0 Å². The molecular weight excluding hydrogens is 286 g/mol. The number of benzene rings is 1. The number of para-hydroxylation sites is 1. The Bertz CT molecular complexity index is 616. The highest BCUT2D eigenvalue weighted by Gasteiger charge is 2.17. The number of amides is 1. The summed E-state index contributed by atoms with van der Waals surface area (Å²) in [7, 11) is 0. The molecule has 0 spiro atoms. The van der Waals surface area contributed by atoms with Crippen molar-refractivity contribution in [2.24, 2.45) is 0 Å². The highest BCUT2D eigenvalue weighted by atomic mass is 35.5. The fraction of sp³-hybridized carbons (Fsp3) is 0.250. The van der Waals surface area contributed by atoms with E-state index in [1.807, 2.05) is 44.2 Å². The average Bonchev–Trinajstić information content (AvgIpc) is 2.49. The molecule has 0 fully saturated rings. The summed E-state index contributed by atoms with van der Waals surface area (Å²) in [5.74, 6) is 0.518. The number of pyridine rings is 1. The van der Waals surface area contributed by atoms with Crippen LogP contribution in [0.3, 0.4) is 0 Å². The van der Waals surface area contributed by atoms with Crippen LogP contribution in [0.4, 0.5) is 11.5 Å². The third-order valence-corrected chi connectivity index (χ3v) is 3.22. The maximum atomic E-state index is 12.7. The Labute approximate surface area is 129 Å². The summed E-state index contributed by atoms with van der Waals surface area (Å²) in [6, 6.07) is 12.9. The number of nitrogens with one attached hydrogen (secondary N) is 1. The van der Waals surface area contributed by atoms with Crippen molar-refractivity contribution in [3.8, 4) is 0 Å². The fourth-order valence-electron chi connectivity index (χ4n) is 2.10. The molecule has 1 N–H and O–H groups in total. The van der Waals surface area contributed by atoms with E-state index in [0.717, 1.165) is 12.2 Å². The van der Waals surface area contributed by atoms with Gasteiger partial charge >= 0.3 is 0 Å². The lowest BCUT2D eigenvalue weighted by Gasteiger charge is -2.21. The summed E-state index contributed by atoms with van der Waals surface area (Å²) < 4.78 is 0. The molecule has 1 amide bonds. The molecule has 0 aliphatic heterocycles. The van der Waals surface area contributed by atoms with Crippen LogP contribution < -0.4 is 10.2 Å². The Morgan fingerprint density at radius 3 is 2.57 bits per heavy atom. The van der Waals surface area contributed by atoms with E-state index in [2.05, 4.69) is 10.3 Å². The maximum Gasteiger partial charge on any atom is 0.258 e. The van der Waals surface area contributed by atoms with E-state index in [4.69, 9.17) is 11.6 Å². The van der Waals surface area contributed by atoms with Gasteiger partial charge in [-0.05, 0) is 38.1 Å². The normalized spacial score (nSPS) is 10.2. The van der Waals surface area contributed by atoms with E-state index in [1.54, 1.807) is 17.0 Å². The van der Waals surface area contributed by atoms with Crippen LogP contribution in [0.2, 0.25) is 5.15 Å². The zero-order chi connectivity index (χ0) is 15.2. The Kier molecular flexibility index (Phi) is 5.17. The quantitative estimate of drug-likeness (QED) is 0.854. The van der Waals surface area contributed by atoms with Crippen LogP contribution in [-0.2, 0) is 0 Å². The first kappa shape index (κ1) is 15.3. The van der Waals surface area contributed by atoms with E-state index in [-0.39, 0.29) is 5.91 Å². The standard InChI is InChI=1S/C16H18ClN3O/c1-3-18-15-11-12(10-14(17)19-15)16(21)20(4-2)13-8-6-5-7-9-13/h5-11H,3-4H2,1-2H3,(H,18,19). The van der Waals surface area contributed by atoms with Gasteiger partial charge in [-0.3, -0.25) is 4.79 Å². The van der Waals surface area contributed by atoms with E-state index in [0.29, 0.717) is 23.1 Å². The number of rotatable bonds is 5. The minimum atomic E-state index is -0.0906. The van der Waals surface area contributed by atoms with E-state index >= 15 is 0 Å². The van der Waals surface area contributed by atoms with Crippen molar-refractivity contribution in [2.45, 2.75) is 13.8 Å². The summed E-state index contributed by atoms with van der Waals surface area (Å²) >= 11 is 6.00. The second kappa shape index (κ2) is 7.09. The molecule has 0 unspecified atom stereocenters. The lowest BCUT2D eigenvalue weighted by molar-refractivity contribution is 0.0988. The highest BCUT2D eigenvalue weighted by Crippen LogP contribution is 2.20. The molecule has 1 aromatic carbocycles. The van der Waals surface area contributed by atoms with Gasteiger partial charge in [-0.1, -0.05) is 29.8 Å². The third kappa shape index (κ3) is 3.73. The van der Waals surface area contributed by atoms with Crippen LogP contribution in [0.5, 0.6) is 0 Å². The van der Waals surface area contributed by atoms with Crippen LogP contribution in [-0.4, -0.2) is 24.0 Å². The molecule has 0 saturated heterocycles. The van der Waals surface area contributed by atoms with E-state index < -0.39 is 0 Å². The number of hydrogen-bond acceptors (Lipinski definition) is 3. The molecule has 4 nitrogen and oxygen atoms in total. The highest BCUT2D eigenvalue weighted by molar-refractivity contribution is 6.30. The van der Waals surface area contributed by atoms with Gasteiger partial charge in [-0.15, -0.1) is 0 Å². The molecule has 1 aromatic heterocycles. The van der Waals surface area contributed by atoms with Crippen molar-refractivity contribution < 1.29 is 4.79 Å². The molecular formula is C16H18ClN3O. The predicted molar refractivity (Wildman–Crippen MR) is 87.2 cm³/mol.